The van der Waals surface area contributed by atoms with Crippen molar-refractivity contribution in [3.05, 3.63) is 27.3 Å². The van der Waals surface area contributed by atoms with Gasteiger partial charge in [-0.2, -0.15) is 0 Å². The SMILES string of the molecule is CC(C)(C)C(=O)NCCN1C(=O)SC(=Cc2cccs2)C1=O. The second kappa shape index (κ2) is 6.66. The highest BCUT2D eigenvalue weighted by Crippen LogP contribution is 2.32. The Kier molecular flexibility index (Phi) is 5.08. The first-order valence-corrected chi connectivity index (χ1v) is 8.56. The van der Waals surface area contributed by atoms with E-state index in [-0.39, 0.29) is 30.1 Å². The number of carbonyl (C=O) groups is 3. The molecule has 0 atom stereocenters. The number of nitrogens with zero attached hydrogens (tertiary/aromatic N) is 1. The molecule has 3 amide bonds. The van der Waals surface area contributed by atoms with Crippen LogP contribution in [0, 0.1) is 5.41 Å². The van der Waals surface area contributed by atoms with Gasteiger partial charge in [-0.05, 0) is 29.3 Å². The van der Waals surface area contributed by atoms with Gasteiger partial charge in [-0.1, -0.05) is 26.8 Å². The van der Waals surface area contributed by atoms with Crippen LogP contribution in [0.4, 0.5) is 4.79 Å². The van der Waals surface area contributed by atoms with Crippen molar-refractivity contribution < 1.29 is 14.4 Å². The van der Waals surface area contributed by atoms with Crippen molar-refractivity contribution in [2.75, 3.05) is 13.1 Å². The highest BCUT2D eigenvalue weighted by Gasteiger charge is 2.34. The summed E-state index contributed by atoms with van der Waals surface area (Å²) in [4.78, 5) is 38.4. The van der Waals surface area contributed by atoms with E-state index in [1.165, 1.54) is 16.2 Å². The van der Waals surface area contributed by atoms with Crippen LogP contribution in [-0.4, -0.2) is 35.0 Å². The van der Waals surface area contributed by atoms with Gasteiger partial charge in [-0.3, -0.25) is 19.3 Å². The maximum Gasteiger partial charge on any atom is 0.293 e. The third-order valence-electron chi connectivity index (χ3n) is 2.99. The van der Waals surface area contributed by atoms with E-state index in [1.807, 2.05) is 38.3 Å². The first kappa shape index (κ1) is 16.8. The summed E-state index contributed by atoms with van der Waals surface area (Å²) < 4.78 is 0. The molecule has 0 saturated carbocycles. The number of thioether (sulfide) groups is 1. The molecule has 1 fully saturated rings. The summed E-state index contributed by atoms with van der Waals surface area (Å²) in [6.07, 6.45) is 1.73. The first-order valence-electron chi connectivity index (χ1n) is 6.86. The Balaban J connectivity index is 1.94. The van der Waals surface area contributed by atoms with E-state index < -0.39 is 5.41 Å². The molecule has 118 valence electrons. The Morgan fingerprint density at radius 2 is 2.09 bits per heavy atom. The fourth-order valence-electron chi connectivity index (χ4n) is 1.74. The van der Waals surface area contributed by atoms with E-state index in [0.29, 0.717) is 4.91 Å². The molecule has 1 N–H and O–H groups in total. The van der Waals surface area contributed by atoms with Crippen LogP contribution < -0.4 is 5.32 Å². The molecule has 2 heterocycles. The Bertz CT molecular complexity index is 615. The number of amides is 3. The molecule has 7 heteroatoms. The number of rotatable bonds is 4. The minimum Gasteiger partial charge on any atom is -0.354 e. The quantitative estimate of drug-likeness (QED) is 0.857. The molecule has 0 unspecified atom stereocenters. The Morgan fingerprint density at radius 3 is 2.68 bits per heavy atom. The molecular weight excluding hydrogens is 320 g/mol. The van der Waals surface area contributed by atoms with Gasteiger partial charge in [0.1, 0.15) is 0 Å². The molecule has 0 radical (unpaired) electrons. The summed E-state index contributed by atoms with van der Waals surface area (Å²) in [5, 5.41) is 4.36. The van der Waals surface area contributed by atoms with Crippen LogP contribution in [0.15, 0.2) is 22.4 Å². The predicted octanol–water partition coefficient (Wildman–Crippen LogP) is 2.95. The molecule has 2 rings (SSSR count). The smallest absolute Gasteiger partial charge is 0.293 e. The van der Waals surface area contributed by atoms with E-state index in [0.717, 1.165) is 16.6 Å². The molecule has 1 aromatic rings. The van der Waals surface area contributed by atoms with Crippen molar-refractivity contribution in [2.24, 2.45) is 5.41 Å². The van der Waals surface area contributed by atoms with Crippen LogP contribution in [0.5, 0.6) is 0 Å². The van der Waals surface area contributed by atoms with Crippen LogP contribution in [0.2, 0.25) is 0 Å². The second-order valence-electron chi connectivity index (χ2n) is 5.85. The lowest BCUT2D eigenvalue weighted by Gasteiger charge is -2.19. The molecular formula is C15H18N2O3S2. The van der Waals surface area contributed by atoms with Crippen molar-refractivity contribution >= 4 is 46.2 Å². The molecule has 5 nitrogen and oxygen atoms in total. The van der Waals surface area contributed by atoms with Gasteiger partial charge >= 0.3 is 0 Å². The molecule has 1 aliphatic rings. The van der Waals surface area contributed by atoms with Crippen molar-refractivity contribution in [2.45, 2.75) is 20.8 Å². The predicted molar refractivity (Wildman–Crippen MR) is 89.5 cm³/mol. The molecule has 1 aliphatic heterocycles. The summed E-state index contributed by atoms with van der Waals surface area (Å²) in [6.45, 7) is 5.89. The van der Waals surface area contributed by atoms with Crippen molar-refractivity contribution in [1.82, 2.24) is 10.2 Å². The lowest BCUT2D eigenvalue weighted by Crippen LogP contribution is -2.41. The molecule has 1 aromatic heterocycles. The molecule has 0 aliphatic carbocycles. The third kappa shape index (κ3) is 3.98. The molecule has 1 saturated heterocycles. The number of hydrogen-bond donors (Lipinski definition) is 1. The number of carbonyl (C=O) groups excluding carboxylic acids is 3. The van der Waals surface area contributed by atoms with E-state index in [2.05, 4.69) is 5.32 Å². The van der Waals surface area contributed by atoms with Gasteiger partial charge in [-0.25, -0.2) is 0 Å². The van der Waals surface area contributed by atoms with E-state index in [1.54, 1.807) is 6.08 Å². The lowest BCUT2D eigenvalue weighted by atomic mass is 9.96. The molecule has 0 bridgehead atoms. The number of hydrogen-bond acceptors (Lipinski definition) is 5. The molecule has 0 spiro atoms. The standard InChI is InChI=1S/C15H18N2O3S2/c1-15(2,3)13(19)16-6-7-17-12(18)11(22-14(17)20)9-10-5-4-8-21-10/h4-5,8-9H,6-7H2,1-3H3,(H,16,19). The minimum atomic E-state index is -0.488. The number of imide groups is 1. The summed E-state index contributed by atoms with van der Waals surface area (Å²) in [6, 6.07) is 3.78. The zero-order valence-corrected chi connectivity index (χ0v) is 14.3. The van der Waals surface area contributed by atoms with Crippen molar-refractivity contribution in [3.63, 3.8) is 0 Å². The van der Waals surface area contributed by atoms with Gasteiger partial charge in [0.2, 0.25) is 5.91 Å². The highest BCUT2D eigenvalue weighted by molar-refractivity contribution is 8.18. The average molecular weight is 338 g/mol. The van der Waals surface area contributed by atoms with Gasteiger partial charge in [-0.15, -0.1) is 11.3 Å². The van der Waals surface area contributed by atoms with Crippen LogP contribution in [0.25, 0.3) is 6.08 Å². The summed E-state index contributed by atoms with van der Waals surface area (Å²) in [7, 11) is 0. The Labute approximate surface area is 137 Å². The fourth-order valence-corrected chi connectivity index (χ4v) is 3.33. The average Bonchev–Trinajstić information content (AvgIpc) is 3.01. The lowest BCUT2D eigenvalue weighted by molar-refractivity contribution is -0.129. The minimum absolute atomic E-state index is 0.103. The van der Waals surface area contributed by atoms with E-state index >= 15 is 0 Å². The van der Waals surface area contributed by atoms with Gasteiger partial charge in [0.15, 0.2) is 0 Å². The van der Waals surface area contributed by atoms with E-state index in [4.69, 9.17) is 0 Å². The summed E-state index contributed by atoms with van der Waals surface area (Å²) >= 11 is 2.45. The topological polar surface area (TPSA) is 66.5 Å². The first-order chi connectivity index (χ1) is 10.3. The Morgan fingerprint density at radius 1 is 1.36 bits per heavy atom. The Hall–Kier alpha value is -1.60. The molecule has 0 aromatic carbocycles. The maximum absolute atomic E-state index is 12.2. The van der Waals surface area contributed by atoms with Crippen LogP contribution in [-0.2, 0) is 9.59 Å². The normalized spacial score (nSPS) is 17.4. The number of nitrogens with one attached hydrogen (secondary N) is 1. The second-order valence-corrected chi connectivity index (χ2v) is 7.83. The van der Waals surface area contributed by atoms with Crippen LogP contribution in [0.1, 0.15) is 25.6 Å². The molecule has 22 heavy (non-hydrogen) atoms. The maximum atomic E-state index is 12.2. The fraction of sp³-hybridized carbons (Fsp3) is 0.400. The largest absolute Gasteiger partial charge is 0.354 e. The highest BCUT2D eigenvalue weighted by atomic mass is 32.2. The summed E-state index contributed by atoms with van der Waals surface area (Å²) in [5.41, 5.74) is -0.488. The van der Waals surface area contributed by atoms with Gasteiger partial charge < -0.3 is 5.32 Å². The number of thiophene rings is 1. The third-order valence-corrected chi connectivity index (χ3v) is 4.72. The van der Waals surface area contributed by atoms with Crippen LogP contribution >= 0.6 is 23.1 Å². The zero-order chi connectivity index (χ0) is 16.3. The monoisotopic (exact) mass is 338 g/mol. The van der Waals surface area contributed by atoms with Gasteiger partial charge in [0, 0.05) is 23.4 Å². The van der Waals surface area contributed by atoms with Crippen molar-refractivity contribution in [1.29, 1.82) is 0 Å². The van der Waals surface area contributed by atoms with Gasteiger partial charge in [0.05, 0.1) is 4.91 Å². The van der Waals surface area contributed by atoms with Gasteiger partial charge in [0.25, 0.3) is 11.1 Å². The summed E-state index contributed by atoms with van der Waals surface area (Å²) in [5.74, 6) is -0.401. The van der Waals surface area contributed by atoms with E-state index in [9.17, 15) is 14.4 Å². The van der Waals surface area contributed by atoms with Crippen molar-refractivity contribution in [3.8, 4) is 0 Å². The van der Waals surface area contributed by atoms with Crippen LogP contribution in [0.3, 0.4) is 0 Å². The zero-order valence-electron chi connectivity index (χ0n) is 12.7.